The molecule has 8 nitrogen and oxygen atoms in total. The van der Waals surface area contributed by atoms with E-state index in [0.717, 1.165) is 0 Å². The van der Waals surface area contributed by atoms with E-state index in [0.29, 0.717) is 45.6 Å². The van der Waals surface area contributed by atoms with Gasteiger partial charge in [-0.1, -0.05) is 12.1 Å². The van der Waals surface area contributed by atoms with E-state index in [2.05, 4.69) is 23.5 Å². The molecule has 0 aliphatic carbocycles. The number of hydrogen-bond donors (Lipinski definition) is 6. The molecule has 0 radical (unpaired) electrons. The molecule has 1 heterocycles. The molecule has 0 saturated carbocycles. The van der Waals surface area contributed by atoms with Crippen molar-refractivity contribution in [2.24, 2.45) is 0 Å². The highest BCUT2D eigenvalue weighted by molar-refractivity contribution is 5.93. The van der Waals surface area contributed by atoms with E-state index in [1.54, 1.807) is 19.2 Å². The molecule has 0 amide bonds. The van der Waals surface area contributed by atoms with Gasteiger partial charge in [-0.2, -0.15) is 0 Å². The number of methoxy groups -OCH3 is 1. The lowest BCUT2D eigenvalue weighted by Crippen LogP contribution is -2.09. The van der Waals surface area contributed by atoms with Crippen molar-refractivity contribution in [1.29, 1.82) is 0 Å². The molecule has 29 heavy (non-hydrogen) atoms. The van der Waals surface area contributed by atoms with Crippen LogP contribution in [0.3, 0.4) is 0 Å². The number of aromatic amines is 1. The zero-order chi connectivity index (χ0) is 22.1. The summed E-state index contributed by atoms with van der Waals surface area (Å²) in [5.41, 5.74) is 3.58. The molecule has 1 aromatic carbocycles. The molecule has 8 heteroatoms. The molecule has 1 atom stereocenters. The molecule has 1 unspecified atom stereocenters. The van der Waals surface area contributed by atoms with Crippen LogP contribution in [0, 0.1) is 0 Å². The number of esters is 1. The van der Waals surface area contributed by atoms with Crippen LogP contribution in [0.2, 0.25) is 0 Å². The molecular formula is C21H30N2O6. The molecule has 2 rings (SSSR count). The molecule has 0 fully saturated rings. The van der Waals surface area contributed by atoms with Crippen molar-refractivity contribution in [3.8, 4) is 11.1 Å². The summed E-state index contributed by atoms with van der Waals surface area (Å²) in [4.78, 5) is 15.2. The van der Waals surface area contributed by atoms with Crippen LogP contribution in [0.1, 0.15) is 51.5 Å². The number of nitrogens with one attached hydrogen (secondary N) is 2. The van der Waals surface area contributed by atoms with Crippen LogP contribution >= 0.6 is 0 Å². The number of benzene rings is 1. The number of aliphatic hydroxyl groups excluding tert-OH is 4. The highest BCUT2D eigenvalue weighted by Crippen LogP contribution is 2.38. The van der Waals surface area contributed by atoms with Gasteiger partial charge in [-0.15, -0.1) is 13.2 Å². The molecule has 0 spiro atoms. The lowest BCUT2D eigenvalue weighted by atomic mass is 9.89. The molecule has 0 saturated heterocycles. The zero-order valence-corrected chi connectivity index (χ0v) is 17.1. The van der Waals surface area contributed by atoms with E-state index < -0.39 is 12.1 Å². The molecule has 0 aliphatic heterocycles. The fourth-order valence-electron chi connectivity index (χ4n) is 3.37. The third-order valence-electron chi connectivity index (χ3n) is 4.56. The van der Waals surface area contributed by atoms with E-state index in [1.165, 1.54) is 14.0 Å². The largest absolute Gasteiger partial charge is 0.464 e. The number of carbonyl (C=O) groups is 1. The highest BCUT2D eigenvalue weighted by Gasteiger charge is 2.28. The van der Waals surface area contributed by atoms with Gasteiger partial charge >= 0.3 is 5.97 Å². The summed E-state index contributed by atoms with van der Waals surface area (Å²) >= 11 is 0. The Morgan fingerprint density at radius 1 is 1.17 bits per heavy atom. The Kier molecular flexibility index (Phi) is 9.73. The number of rotatable bonds is 8. The first-order chi connectivity index (χ1) is 13.9. The van der Waals surface area contributed by atoms with Gasteiger partial charge in [-0.05, 0) is 36.2 Å². The summed E-state index contributed by atoms with van der Waals surface area (Å²) in [6.45, 7) is 6.88. The minimum atomic E-state index is -0.988. The normalized spacial score (nSPS) is 11.6. The van der Waals surface area contributed by atoms with Crippen LogP contribution in [-0.4, -0.2) is 45.5 Å². The maximum Gasteiger partial charge on any atom is 0.354 e. The predicted molar refractivity (Wildman–Crippen MR) is 110 cm³/mol. The van der Waals surface area contributed by atoms with Crippen molar-refractivity contribution < 1.29 is 30.0 Å². The van der Waals surface area contributed by atoms with Gasteiger partial charge in [0.05, 0.1) is 33.0 Å². The fourth-order valence-corrected chi connectivity index (χ4v) is 3.37. The van der Waals surface area contributed by atoms with E-state index >= 15 is 0 Å². The Hall–Kier alpha value is -2.49. The topological polar surface area (TPSA) is 135 Å². The van der Waals surface area contributed by atoms with Crippen molar-refractivity contribution in [2.75, 3.05) is 14.2 Å². The second kappa shape index (κ2) is 11.5. The highest BCUT2D eigenvalue weighted by atomic mass is 16.5. The molecule has 2 aromatic rings. The summed E-state index contributed by atoms with van der Waals surface area (Å²) in [7, 11) is 3.00. The third kappa shape index (κ3) is 4.92. The number of hydrogen-bond acceptors (Lipinski definition) is 7. The first-order valence-corrected chi connectivity index (χ1v) is 9.07. The predicted octanol–water partition coefficient (Wildman–Crippen LogP) is 1.52. The Balaban J connectivity index is 0.00000204. The molecule has 1 aromatic heterocycles. The van der Waals surface area contributed by atoms with Gasteiger partial charge in [0.1, 0.15) is 5.69 Å². The van der Waals surface area contributed by atoms with Crippen LogP contribution in [-0.2, 0) is 31.1 Å². The number of H-pyrrole nitrogens is 1. The first kappa shape index (κ1) is 24.5. The maximum atomic E-state index is 12.2. The maximum absolute atomic E-state index is 12.2. The third-order valence-corrected chi connectivity index (χ3v) is 4.56. The lowest BCUT2D eigenvalue weighted by Gasteiger charge is -2.18. The van der Waals surface area contributed by atoms with Crippen molar-refractivity contribution in [3.63, 3.8) is 0 Å². The Morgan fingerprint density at radius 3 is 2.24 bits per heavy atom. The summed E-state index contributed by atoms with van der Waals surface area (Å²) in [5, 5.41) is 42.6. The molecule has 160 valence electrons. The molecule has 0 bridgehead atoms. The van der Waals surface area contributed by atoms with E-state index in [9.17, 15) is 25.2 Å². The number of carbonyl (C=O) groups excluding carboxylic acids is 1. The number of ether oxygens (including phenoxy) is 1. The van der Waals surface area contributed by atoms with Crippen molar-refractivity contribution in [3.05, 3.63) is 58.9 Å². The number of aliphatic hydroxyl groups is 4. The minimum Gasteiger partial charge on any atom is -0.464 e. The average molecular weight is 406 g/mol. The lowest BCUT2D eigenvalue weighted by molar-refractivity contribution is 0.0588. The second-order valence-corrected chi connectivity index (χ2v) is 6.17. The summed E-state index contributed by atoms with van der Waals surface area (Å²) in [6, 6.07) is 3.35. The van der Waals surface area contributed by atoms with E-state index in [1.807, 2.05) is 0 Å². The van der Waals surface area contributed by atoms with Gasteiger partial charge in [0.25, 0.3) is 0 Å². The van der Waals surface area contributed by atoms with Gasteiger partial charge < -0.3 is 35.5 Å². The zero-order valence-electron chi connectivity index (χ0n) is 17.1. The van der Waals surface area contributed by atoms with Crippen molar-refractivity contribution in [2.45, 2.75) is 39.4 Å². The van der Waals surface area contributed by atoms with Gasteiger partial charge in [0.2, 0.25) is 0 Å². The summed E-state index contributed by atoms with van der Waals surface area (Å²) in [5.74, 6) is -0.616. The molecular weight excluding hydrogens is 376 g/mol. The first-order valence-electron chi connectivity index (χ1n) is 9.07. The second-order valence-electron chi connectivity index (χ2n) is 6.17. The van der Waals surface area contributed by atoms with Gasteiger partial charge in [0, 0.05) is 23.4 Å². The number of aromatic nitrogens is 1. The fraction of sp³-hybridized carbons (Fsp3) is 0.381. The Labute approximate surface area is 170 Å². The van der Waals surface area contributed by atoms with Crippen molar-refractivity contribution >= 4 is 5.97 Å². The summed E-state index contributed by atoms with van der Waals surface area (Å²) in [6.07, 6.45) is -0.988. The Bertz CT molecular complexity index is 829. The molecule has 6 N–H and O–H groups in total. The standard InChI is InChI=1S/C19H26N2O6.C2H4/c1-10(25)16-17(15(6-20-2)21-18(16)19(26)27-3)12-5-4-11(7-22)13(8-23)14(12)9-24;1-2/h4-5,10,20-25H,6-9H2,1-3H3;1-2H2. The van der Waals surface area contributed by atoms with Gasteiger partial charge in [-0.25, -0.2) is 4.79 Å². The SMILES string of the molecule is C=C.CNCc1[nH]c(C(=O)OC)c(C(C)O)c1-c1ccc(CO)c(CO)c1CO. The monoisotopic (exact) mass is 406 g/mol. The van der Waals surface area contributed by atoms with Crippen LogP contribution in [0.25, 0.3) is 11.1 Å². The smallest absolute Gasteiger partial charge is 0.354 e. The van der Waals surface area contributed by atoms with Gasteiger partial charge in [0.15, 0.2) is 0 Å². The minimum absolute atomic E-state index is 0.133. The molecule has 0 aliphatic rings. The quantitative estimate of drug-likeness (QED) is 0.289. The van der Waals surface area contributed by atoms with E-state index in [-0.39, 0.29) is 25.5 Å². The van der Waals surface area contributed by atoms with E-state index in [4.69, 9.17) is 4.74 Å². The Morgan fingerprint density at radius 2 is 1.79 bits per heavy atom. The van der Waals surface area contributed by atoms with Gasteiger partial charge in [-0.3, -0.25) is 0 Å². The van der Waals surface area contributed by atoms with Crippen LogP contribution in [0.5, 0.6) is 0 Å². The van der Waals surface area contributed by atoms with Crippen LogP contribution in [0.15, 0.2) is 25.3 Å². The summed E-state index contributed by atoms with van der Waals surface area (Å²) < 4.78 is 4.82. The van der Waals surface area contributed by atoms with Crippen LogP contribution in [0.4, 0.5) is 0 Å². The van der Waals surface area contributed by atoms with Crippen molar-refractivity contribution in [1.82, 2.24) is 10.3 Å². The van der Waals surface area contributed by atoms with Crippen LogP contribution < -0.4 is 5.32 Å². The average Bonchev–Trinajstić information content (AvgIpc) is 3.12.